The zero-order valence-corrected chi connectivity index (χ0v) is 73.2. The fraction of sp³-hybridized carbons (Fsp3) is 0.304. The lowest BCUT2D eigenvalue weighted by molar-refractivity contribution is -0.139. The SMILES string of the molecule is COc1nc(-c2nc3n(n2)CC[C@@H](c2ccccc2C(F)(F)F)[C@@H]3F)ccc1-n1cnc(C)c1.COc1nc(-c2nc3n(n2)CC[C@@H](c2ccccc2C(F)(F)F)[C@H]3F)ccc1-n1cnc(C)c1.COc1nc(-c2nc3n(n2)CC[C@H](c2ccccc2C(F)(F)F)[C@@H]3F)ccc1-n1cnc(C)c1.COc1nc(-c2nc3n(n2)CC[C@H](c2ccccc2C(F)(F)F)[C@H]3F)ccc1-n1cnc(C)c1. The number of halogens is 16. The highest BCUT2D eigenvalue weighted by molar-refractivity contribution is 5.60. The number of fused-ring (bicyclic) bond motifs is 4. The minimum Gasteiger partial charge on any atom is -0.479 e. The van der Waals surface area contributed by atoms with Gasteiger partial charge in [0.15, 0.2) is 71.3 Å². The molecule has 0 spiro atoms. The van der Waals surface area contributed by atoms with Crippen LogP contribution in [0.25, 0.3) is 68.8 Å². The second-order valence-corrected chi connectivity index (χ2v) is 32.2. The van der Waals surface area contributed by atoms with Crippen LogP contribution in [0.15, 0.2) is 196 Å². The van der Waals surface area contributed by atoms with Crippen LogP contribution < -0.4 is 18.9 Å². The largest absolute Gasteiger partial charge is 0.479 e. The highest BCUT2D eigenvalue weighted by Gasteiger charge is 2.46. The first kappa shape index (κ1) is 92.8. The summed E-state index contributed by atoms with van der Waals surface area (Å²) in [6.07, 6.45) is -10.8. The fourth-order valence-electron chi connectivity index (χ4n) is 17.1. The van der Waals surface area contributed by atoms with Gasteiger partial charge in [-0.2, -0.15) is 52.7 Å². The Hall–Kier alpha value is -15.0. The number of rotatable bonds is 16. The van der Waals surface area contributed by atoms with Crippen molar-refractivity contribution in [1.29, 1.82) is 0 Å². The van der Waals surface area contributed by atoms with E-state index < -0.39 is 95.3 Å². The molecule has 44 heteroatoms. The normalized spacial score (nSPS) is 18.1. The quantitative estimate of drug-likeness (QED) is 0.0812. The first-order chi connectivity index (χ1) is 65.0. The van der Waals surface area contributed by atoms with E-state index >= 15 is 17.6 Å². The van der Waals surface area contributed by atoms with Crippen LogP contribution in [-0.4, -0.2) is 146 Å². The third-order valence-corrected chi connectivity index (χ3v) is 23.5. The number of alkyl halides is 16. The summed E-state index contributed by atoms with van der Waals surface area (Å²) < 4.78 is 258. The Morgan fingerprint density at radius 3 is 0.647 bits per heavy atom. The van der Waals surface area contributed by atoms with Crippen LogP contribution >= 0.6 is 0 Å². The number of pyridine rings is 4. The van der Waals surface area contributed by atoms with Crippen molar-refractivity contribution in [3.05, 3.63) is 286 Å². The molecule has 136 heavy (non-hydrogen) atoms. The van der Waals surface area contributed by atoms with E-state index in [9.17, 15) is 52.7 Å². The third-order valence-electron chi connectivity index (χ3n) is 23.5. The molecular weight excluding hydrogens is 1810 g/mol. The molecule has 16 aromatic rings. The van der Waals surface area contributed by atoms with Crippen LogP contribution in [0.5, 0.6) is 23.5 Å². The van der Waals surface area contributed by atoms with Crippen molar-refractivity contribution in [3.8, 4) is 92.3 Å². The van der Waals surface area contributed by atoms with Gasteiger partial charge in [-0.25, -0.2) is 96.1 Å². The standard InChI is InChI=1S/4C23H20F4N6O/c4*1-13-11-32(12-28-13)18-8-7-17(29-22(18)34-2)20-30-21-19(24)15(9-10-33(21)31-20)14-5-3-4-6-16(14)23(25,26)27/h4*3-8,11-12,15,19H,9-10H2,1-2H3/t2*15-,19+;2*15-,19-/m1010/s1. The summed E-state index contributed by atoms with van der Waals surface area (Å²) in [5.74, 6) is -2.05. The topological polar surface area (TPSA) is 283 Å². The lowest BCUT2D eigenvalue weighted by Crippen LogP contribution is -2.24. The average Bonchev–Trinajstić information content (AvgIpc) is 1.52. The summed E-state index contributed by atoms with van der Waals surface area (Å²) in [5.41, 5.74) is 3.77. The molecule has 0 unspecified atom stereocenters. The number of aromatic nitrogens is 24. The van der Waals surface area contributed by atoms with Crippen LogP contribution in [-0.2, 0) is 50.9 Å². The highest BCUT2D eigenvalue weighted by atomic mass is 19.4. The van der Waals surface area contributed by atoms with Crippen LogP contribution in [0.2, 0.25) is 0 Å². The van der Waals surface area contributed by atoms with E-state index in [1.54, 1.807) is 92.1 Å². The molecule has 0 fully saturated rings. The number of ether oxygens (including phenoxy) is 4. The third kappa shape index (κ3) is 18.8. The van der Waals surface area contributed by atoms with Gasteiger partial charge in [0.2, 0.25) is 23.5 Å². The Morgan fingerprint density at radius 1 is 0.272 bits per heavy atom. The molecule has 4 aliphatic heterocycles. The smallest absolute Gasteiger partial charge is 0.416 e. The summed E-state index contributed by atoms with van der Waals surface area (Å²) in [4.78, 5) is 51.9. The Kier molecular flexibility index (Phi) is 25.5. The number of aryl methyl sites for hydroxylation is 8. The molecule has 16 heterocycles. The van der Waals surface area contributed by atoms with Gasteiger partial charge in [0.25, 0.3) is 0 Å². The molecule has 12 aromatic heterocycles. The second-order valence-electron chi connectivity index (χ2n) is 32.2. The van der Waals surface area contributed by atoms with Crippen LogP contribution in [0.4, 0.5) is 70.2 Å². The minimum absolute atomic E-state index is 0.0155. The number of benzene rings is 4. The van der Waals surface area contributed by atoms with Crippen molar-refractivity contribution < 1.29 is 89.2 Å². The molecule has 0 bridgehead atoms. The molecule has 28 nitrogen and oxygen atoms in total. The lowest BCUT2D eigenvalue weighted by atomic mass is 9.85. The minimum atomic E-state index is -4.57. The van der Waals surface area contributed by atoms with E-state index in [2.05, 4.69) is 80.2 Å². The second kappa shape index (κ2) is 37.4. The van der Waals surface area contributed by atoms with E-state index in [-0.39, 0.29) is 121 Å². The van der Waals surface area contributed by atoms with Gasteiger partial charge in [0.05, 0.1) is 98.8 Å². The summed E-state index contributed by atoms with van der Waals surface area (Å²) in [5, 5.41) is 17.4. The van der Waals surface area contributed by atoms with Crippen molar-refractivity contribution in [3.63, 3.8) is 0 Å². The predicted molar refractivity (Wildman–Crippen MR) is 457 cm³/mol. The van der Waals surface area contributed by atoms with E-state index in [1.165, 1.54) is 120 Å². The molecular formula is C92H80F16N24O4. The van der Waals surface area contributed by atoms with Gasteiger partial charge in [0, 0.05) is 74.6 Å². The number of methoxy groups -OCH3 is 4. The average molecular weight is 1890 g/mol. The molecule has 8 atom stereocenters. The maximum Gasteiger partial charge on any atom is 0.416 e. The number of nitrogens with zero attached hydrogens (tertiary/aromatic N) is 24. The molecule has 0 N–H and O–H groups in total. The maximum atomic E-state index is 15.5. The van der Waals surface area contributed by atoms with E-state index in [0.29, 0.717) is 69.0 Å². The molecule has 0 aliphatic carbocycles. The Labute approximate surface area is 762 Å². The number of hydrogen-bond acceptors (Lipinski definition) is 20. The van der Waals surface area contributed by atoms with Gasteiger partial charge in [-0.15, -0.1) is 20.4 Å². The summed E-state index contributed by atoms with van der Waals surface area (Å²) >= 11 is 0. The maximum absolute atomic E-state index is 15.5. The number of hydrogen-bond donors (Lipinski definition) is 0. The zero-order valence-electron chi connectivity index (χ0n) is 73.2. The molecule has 20 rings (SSSR count). The molecule has 704 valence electrons. The lowest BCUT2D eigenvalue weighted by Gasteiger charge is -2.28. The van der Waals surface area contributed by atoms with Gasteiger partial charge in [-0.1, -0.05) is 72.8 Å². The van der Waals surface area contributed by atoms with Crippen molar-refractivity contribution >= 4 is 0 Å². The van der Waals surface area contributed by atoms with Crippen molar-refractivity contribution in [2.75, 3.05) is 28.4 Å². The zero-order chi connectivity index (χ0) is 96.1. The highest BCUT2D eigenvalue weighted by Crippen LogP contribution is 2.51. The van der Waals surface area contributed by atoms with Crippen LogP contribution in [0, 0.1) is 27.7 Å². The Balaban J connectivity index is 0.000000126. The van der Waals surface area contributed by atoms with E-state index in [4.69, 9.17) is 18.9 Å². The van der Waals surface area contributed by atoms with Gasteiger partial charge < -0.3 is 37.2 Å². The Morgan fingerprint density at radius 2 is 0.471 bits per heavy atom. The van der Waals surface area contributed by atoms with Crippen LogP contribution in [0.3, 0.4) is 0 Å². The molecule has 0 saturated carbocycles. The van der Waals surface area contributed by atoms with Crippen molar-refractivity contribution in [2.24, 2.45) is 0 Å². The number of imidazole rings is 4. The molecule has 0 radical (unpaired) electrons. The summed E-state index contributed by atoms with van der Waals surface area (Å²) in [7, 11) is 5.91. The van der Waals surface area contributed by atoms with Gasteiger partial charge in [-0.3, -0.25) is 0 Å². The Bertz CT molecular complexity index is 6200. The molecule has 4 aromatic carbocycles. The first-order valence-electron chi connectivity index (χ1n) is 42.3. The van der Waals surface area contributed by atoms with Gasteiger partial charge in [-0.05, 0) is 148 Å². The van der Waals surface area contributed by atoms with Crippen molar-refractivity contribution in [2.45, 2.75) is 153 Å². The predicted octanol–water partition coefficient (Wildman–Crippen LogP) is 20.2. The van der Waals surface area contributed by atoms with Crippen molar-refractivity contribution in [1.82, 2.24) is 117 Å². The van der Waals surface area contributed by atoms with E-state index in [0.717, 1.165) is 47.0 Å². The molecule has 0 saturated heterocycles. The van der Waals surface area contributed by atoms with Crippen LogP contribution in [0.1, 0.15) is 165 Å². The van der Waals surface area contributed by atoms with Gasteiger partial charge >= 0.3 is 24.7 Å². The fourth-order valence-corrected chi connectivity index (χ4v) is 17.1. The summed E-state index contributed by atoms with van der Waals surface area (Å²) in [6.45, 7) is 8.39. The van der Waals surface area contributed by atoms with E-state index in [1.807, 2.05) is 52.5 Å². The first-order valence-corrected chi connectivity index (χ1v) is 42.3. The molecule has 4 aliphatic rings. The molecule has 0 amide bonds. The summed E-state index contributed by atoms with van der Waals surface area (Å²) in [6, 6.07) is 34.2. The monoisotopic (exact) mass is 1890 g/mol. The van der Waals surface area contributed by atoms with Gasteiger partial charge in [0.1, 0.15) is 45.5 Å².